The summed E-state index contributed by atoms with van der Waals surface area (Å²) in [5.74, 6) is 0.264. The molecular formula is C13H17ClF3N3. The van der Waals surface area contributed by atoms with Gasteiger partial charge in [0.05, 0.1) is 10.6 Å². The summed E-state index contributed by atoms with van der Waals surface area (Å²) in [4.78, 5) is 3.80. The smallest absolute Gasteiger partial charge is 0.301 e. The lowest BCUT2D eigenvalue weighted by Crippen LogP contribution is -2.47. The number of aromatic nitrogens is 1. The highest BCUT2D eigenvalue weighted by atomic mass is 35.5. The van der Waals surface area contributed by atoms with Crippen molar-refractivity contribution in [2.45, 2.75) is 51.4 Å². The Morgan fingerprint density at radius 2 is 1.90 bits per heavy atom. The lowest BCUT2D eigenvalue weighted by atomic mass is 10.00. The fraction of sp³-hybridized carbons (Fsp3) is 0.615. The molecule has 1 saturated heterocycles. The summed E-state index contributed by atoms with van der Waals surface area (Å²) >= 11 is 5.90. The van der Waals surface area contributed by atoms with Gasteiger partial charge in [0.1, 0.15) is 0 Å². The average molecular weight is 308 g/mol. The van der Waals surface area contributed by atoms with Crippen LogP contribution in [0.2, 0.25) is 5.02 Å². The largest absolute Gasteiger partial charge is 0.417 e. The van der Waals surface area contributed by atoms with Crippen LogP contribution in [0.3, 0.4) is 0 Å². The zero-order valence-electron chi connectivity index (χ0n) is 11.3. The maximum absolute atomic E-state index is 12.6. The zero-order chi connectivity index (χ0) is 14.9. The summed E-state index contributed by atoms with van der Waals surface area (Å²) in [6, 6.07) is 1.48. The zero-order valence-corrected chi connectivity index (χ0v) is 12.1. The van der Waals surface area contributed by atoms with Gasteiger partial charge in [-0.1, -0.05) is 18.0 Å². The van der Waals surface area contributed by atoms with Gasteiger partial charge < -0.3 is 5.43 Å². The van der Waals surface area contributed by atoms with Gasteiger partial charge in [-0.05, 0) is 32.8 Å². The number of halogens is 4. The molecule has 0 amide bonds. The fourth-order valence-corrected chi connectivity index (χ4v) is 2.65. The number of hydrogen-bond acceptors (Lipinski definition) is 3. The number of hydrazine groups is 1. The van der Waals surface area contributed by atoms with E-state index in [2.05, 4.69) is 24.3 Å². The predicted octanol–water partition coefficient (Wildman–Crippen LogP) is 4.34. The normalized spacial score (nSPS) is 24.7. The molecule has 1 aromatic heterocycles. The molecule has 1 fully saturated rings. The highest BCUT2D eigenvalue weighted by molar-refractivity contribution is 6.32. The van der Waals surface area contributed by atoms with Crippen molar-refractivity contribution in [2.75, 3.05) is 5.43 Å². The van der Waals surface area contributed by atoms with E-state index >= 15 is 0 Å². The molecule has 2 atom stereocenters. The standard InChI is InChI=1S/C13H17ClF3N3/c1-8-4-3-5-9(2)20(8)19-12-11(14)6-10(7-18-12)13(15,16)17/h6-9H,3-5H2,1-2H3,(H,18,19). The molecule has 1 aliphatic rings. The van der Waals surface area contributed by atoms with Crippen LogP contribution in [0.25, 0.3) is 0 Å². The Balaban J connectivity index is 2.17. The summed E-state index contributed by atoms with van der Waals surface area (Å²) in [7, 11) is 0. The molecular weight excluding hydrogens is 291 g/mol. The molecule has 0 aromatic carbocycles. The molecule has 2 heterocycles. The maximum atomic E-state index is 12.6. The molecule has 0 radical (unpaired) electrons. The van der Waals surface area contributed by atoms with Crippen molar-refractivity contribution >= 4 is 17.4 Å². The second-order valence-corrected chi connectivity index (χ2v) is 5.61. The topological polar surface area (TPSA) is 28.2 Å². The van der Waals surface area contributed by atoms with Crippen molar-refractivity contribution in [2.24, 2.45) is 0 Å². The Labute approximate surface area is 121 Å². The summed E-state index contributed by atoms with van der Waals surface area (Å²) < 4.78 is 37.7. The molecule has 20 heavy (non-hydrogen) atoms. The van der Waals surface area contributed by atoms with Crippen LogP contribution in [-0.2, 0) is 6.18 Å². The van der Waals surface area contributed by atoms with Gasteiger partial charge in [-0.3, -0.25) is 0 Å². The highest BCUT2D eigenvalue weighted by Crippen LogP contribution is 2.33. The second kappa shape index (κ2) is 5.77. The molecule has 0 bridgehead atoms. The van der Waals surface area contributed by atoms with Gasteiger partial charge in [0.25, 0.3) is 0 Å². The van der Waals surface area contributed by atoms with Gasteiger partial charge in [-0.2, -0.15) is 13.2 Å². The summed E-state index contributed by atoms with van der Waals surface area (Å²) in [5.41, 5.74) is 2.21. The third-order valence-corrected chi connectivity index (χ3v) is 3.89. The first-order valence-corrected chi connectivity index (χ1v) is 6.94. The number of alkyl halides is 3. The van der Waals surface area contributed by atoms with Crippen LogP contribution in [-0.4, -0.2) is 22.1 Å². The van der Waals surface area contributed by atoms with Crippen LogP contribution in [0.4, 0.5) is 19.0 Å². The monoisotopic (exact) mass is 307 g/mol. The van der Waals surface area contributed by atoms with E-state index in [-0.39, 0.29) is 10.8 Å². The fourth-order valence-electron chi connectivity index (χ4n) is 2.44. The van der Waals surface area contributed by atoms with E-state index in [0.29, 0.717) is 12.1 Å². The van der Waals surface area contributed by atoms with Crippen molar-refractivity contribution in [3.8, 4) is 0 Å². The van der Waals surface area contributed by atoms with E-state index < -0.39 is 11.7 Å². The Kier molecular flexibility index (Phi) is 4.44. The number of piperidine rings is 1. The van der Waals surface area contributed by atoms with Crippen molar-refractivity contribution in [3.63, 3.8) is 0 Å². The SMILES string of the molecule is CC1CCCC(C)N1Nc1ncc(C(F)(F)F)cc1Cl. The summed E-state index contributed by atoms with van der Waals surface area (Å²) in [6.45, 7) is 4.14. The van der Waals surface area contributed by atoms with E-state index in [9.17, 15) is 13.2 Å². The molecule has 3 nitrogen and oxygen atoms in total. The minimum atomic E-state index is -4.43. The Morgan fingerprint density at radius 3 is 2.40 bits per heavy atom. The lowest BCUT2D eigenvalue weighted by Gasteiger charge is -2.39. The molecule has 1 aliphatic heterocycles. The molecule has 2 rings (SSSR count). The van der Waals surface area contributed by atoms with Gasteiger partial charge in [0.15, 0.2) is 5.82 Å². The molecule has 2 unspecified atom stereocenters. The number of nitrogens with one attached hydrogen (secondary N) is 1. The Bertz CT molecular complexity index is 468. The highest BCUT2D eigenvalue weighted by Gasteiger charge is 2.32. The van der Waals surface area contributed by atoms with Gasteiger partial charge in [0, 0.05) is 18.3 Å². The maximum Gasteiger partial charge on any atom is 0.417 e. The van der Waals surface area contributed by atoms with E-state index in [1.807, 2.05) is 5.01 Å². The Hall–Kier alpha value is -1.01. The number of pyridine rings is 1. The molecule has 112 valence electrons. The molecule has 1 N–H and O–H groups in total. The molecule has 0 saturated carbocycles. The van der Waals surface area contributed by atoms with Crippen LogP contribution in [0, 0.1) is 0 Å². The van der Waals surface area contributed by atoms with Crippen LogP contribution in [0.15, 0.2) is 12.3 Å². The number of nitrogens with zero attached hydrogens (tertiary/aromatic N) is 2. The van der Waals surface area contributed by atoms with Crippen LogP contribution in [0.5, 0.6) is 0 Å². The minimum Gasteiger partial charge on any atom is -0.301 e. The van der Waals surface area contributed by atoms with E-state index in [1.165, 1.54) is 0 Å². The van der Waals surface area contributed by atoms with Crippen molar-refractivity contribution in [1.29, 1.82) is 0 Å². The average Bonchev–Trinajstić information content (AvgIpc) is 2.34. The number of rotatable bonds is 2. The van der Waals surface area contributed by atoms with Crippen LogP contribution in [0.1, 0.15) is 38.7 Å². The quantitative estimate of drug-likeness (QED) is 0.880. The van der Waals surface area contributed by atoms with Gasteiger partial charge >= 0.3 is 6.18 Å². The molecule has 7 heteroatoms. The van der Waals surface area contributed by atoms with Gasteiger partial charge in [0.2, 0.25) is 0 Å². The van der Waals surface area contributed by atoms with Crippen LogP contribution < -0.4 is 5.43 Å². The lowest BCUT2D eigenvalue weighted by molar-refractivity contribution is -0.137. The van der Waals surface area contributed by atoms with Gasteiger partial charge in [-0.25, -0.2) is 9.99 Å². The summed E-state index contributed by atoms with van der Waals surface area (Å²) in [6.07, 6.45) is -0.408. The van der Waals surface area contributed by atoms with Crippen LogP contribution >= 0.6 is 11.6 Å². The third kappa shape index (κ3) is 3.35. The Morgan fingerprint density at radius 1 is 1.30 bits per heavy atom. The summed E-state index contributed by atoms with van der Waals surface area (Å²) in [5, 5.41) is 1.98. The van der Waals surface area contributed by atoms with Gasteiger partial charge in [-0.15, -0.1) is 0 Å². The first-order chi connectivity index (χ1) is 9.29. The molecule has 0 aliphatic carbocycles. The van der Waals surface area contributed by atoms with E-state index in [4.69, 9.17) is 11.6 Å². The first-order valence-electron chi connectivity index (χ1n) is 6.56. The van der Waals surface area contributed by atoms with E-state index in [1.54, 1.807) is 0 Å². The molecule has 1 aromatic rings. The van der Waals surface area contributed by atoms with Crippen molar-refractivity contribution in [3.05, 3.63) is 22.8 Å². The van der Waals surface area contributed by atoms with Crippen molar-refractivity contribution < 1.29 is 13.2 Å². The third-order valence-electron chi connectivity index (χ3n) is 3.60. The number of anilines is 1. The first kappa shape index (κ1) is 15.4. The minimum absolute atomic E-state index is 0.0233. The molecule has 0 spiro atoms. The van der Waals surface area contributed by atoms with E-state index in [0.717, 1.165) is 31.5 Å². The van der Waals surface area contributed by atoms with Crippen molar-refractivity contribution in [1.82, 2.24) is 9.99 Å². The second-order valence-electron chi connectivity index (χ2n) is 5.20. The predicted molar refractivity (Wildman–Crippen MR) is 72.5 cm³/mol. The number of hydrogen-bond donors (Lipinski definition) is 1.